The summed E-state index contributed by atoms with van der Waals surface area (Å²) in [5, 5.41) is 10.2. The molecule has 0 bridgehead atoms. The van der Waals surface area contributed by atoms with Gasteiger partial charge in [0.2, 0.25) is 0 Å². The number of aromatic nitrogens is 2. The van der Waals surface area contributed by atoms with Gasteiger partial charge in [-0.25, -0.2) is 4.79 Å². The van der Waals surface area contributed by atoms with Gasteiger partial charge in [-0.15, -0.1) is 0 Å². The van der Waals surface area contributed by atoms with Crippen LogP contribution in [0, 0.1) is 5.92 Å². The van der Waals surface area contributed by atoms with Gasteiger partial charge < -0.3 is 10.6 Å². The molecule has 0 spiro atoms. The van der Waals surface area contributed by atoms with Gasteiger partial charge in [0.15, 0.2) is 0 Å². The highest BCUT2D eigenvalue weighted by Gasteiger charge is 2.20. The van der Waals surface area contributed by atoms with E-state index in [0.717, 1.165) is 26.2 Å². The summed E-state index contributed by atoms with van der Waals surface area (Å²) < 4.78 is 1.83. The minimum atomic E-state index is -0.0927. The molecule has 1 fully saturated rings. The van der Waals surface area contributed by atoms with Crippen LogP contribution in [-0.2, 0) is 13.1 Å². The molecule has 2 atom stereocenters. The van der Waals surface area contributed by atoms with Gasteiger partial charge in [0.1, 0.15) is 0 Å². The fourth-order valence-electron chi connectivity index (χ4n) is 3.55. The van der Waals surface area contributed by atoms with E-state index < -0.39 is 0 Å². The first-order chi connectivity index (χ1) is 12.7. The highest BCUT2D eigenvalue weighted by Crippen LogP contribution is 2.18. The normalized spacial score (nSPS) is 19.0. The average Bonchev–Trinajstić information content (AvgIpc) is 3.14. The van der Waals surface area contributed by atoms with Crippen molar-refractivity contribution in [1.29, 1.82) is 0 Å². The van der Waals surface area contributed by atoms with Crippen LogP contribution in [0.5, 0.6) is 0 Å². The van der Waals surface area contributed by atoms with Crippen LogP contribution < -0.4 is 10.6 Å². The summed E-state index contributed by atoms with van der Waals surface area (Å²) in [5.41, 5.74) is 1.35. The molecule has 6 nitrogen and oxygen atoms in total. The van der Waals surface area contributed by atoms with Crippen molar-refractivity contribution in [2.24, 2.45) is 5.92 Å². The Morgan fingerprint density at radius 1 is 1.31 bits per heavy atom. The number of benzene rings is 1. The number of likely N-dealkylation sites (tertiary alicyclic amines) is 1. The molecule has 0 aliphatic carbocycles. The fraction of sp³-hybridized carbons (Fsp3) is 0.500. The molecule has 0 unspecified atom stereocenters. The monoisotopic (exact) mass is 355 g/mol. The first-order valence-electron chi connectivity index (χ1n) is 9.47. The average molecular weight is 355 g/mol. The van der Waals surface area contributed by atoms with Crippen molar-refractivity contribution in [2.75, 3.05) is 19.6 Å². The topological polar surface area (TPSA) is 62.2 Å². The van der Waals surface area contributed by atoms with E-state index in [1.54, 1.807) is 6.20 Å². The molecule has 2 aromatic rings. The maximum atomic E-state index is 12.1. The molecule has 1 aliphatic rings. The lowest BCUT2D eigenvalue weighted by atomic mass is 9.97. The molecule has 6 heteroatoms. The van der Waals surface area contributed by atoms with E-state index in [2.05, 4.69) is 51.0 Å². The van der Waals surface area contributed by atoms with Crippen molar-refractivity contribution in [2.45, 2.75) is 38.9 Å². The molecule has 2 heterocycles. The standard InChI is InChI=1S/C20H29N5O/c1-17(14-25-12-6-10-22-25)23-20(26)21-13-19-9-5-11-24(16-19)15-18-7-3-2-4-8-18/h2-4,6-8,10,12,17,19H,5,9,11,13-16H2,1H3,(H2,21,23,26)/t17-,19+/m0/s1. The number of carbonyl (C=O) groups is 1. The Balaban J connectivity index is 1.37. The number of nitrogens with one attached hydrogen (secondary N) is 2. The molecule has 1 aliphatic heterocycles. The number of rotatable bonds is 7. The summed E-state index contributed by atoms with van der Waals surface area (Å²) in [4.78, 5) is 14.6. The Hall–Kier alpha value is -2.34. The van der Waals surface area contributed by atoms with Crippen LogP contribution in [0.25, 0.3) is 0 Å². The smallest absolute Gasteiger partial charge is 0.315 e. The Kier molecular flexibility index (Phi) is 6.66. The minimum absolute atomic E-state index is 0.0378. The number of amides is 2. The first kappa shape index (κ1) is 18.5. The predicted molar refractivity (Wildman–Crippen MR) is 103 cm³/mol. The molecule has 2 N–H and O–H groups in total. The van der Waals surface area contributed by atoms with Gasteiger partial charge in [-0.1, -0.05) is 30.3 Å². The van der Waals surface area contributed by atoms with Crippen LogP contribution in [0.1, 0.15) is 25.3 Å². The SMILES string of the molecule is C[C@@H](Cn1cccn1)NC(=O)NC[C@H]1CCCN(Cc2ccccc2)C1. The van der Waals surface area contributed by atoms with Crippen LogP contribution in [0.4, 0.5) is 4.79 Å². The molecule has 0 radical (unpaired) electrons. The second-order valence-corrected chi connectivity index (χ2v) is 7.21. The van der Waals surface area contributed by atoms with Gasteiger partial charge in [-0.05, 0) is 43.9 Å². The Morgan fingerprint density at radius 2 is 2.15 bits per heavy atom. The maximum Gasteiger partial charge on any atom is 0.315 e. The Bertz CT molecular complexity index is 658. The quantitative estimate of drug-likeness (QED) is 0.802. The third-order valence-electron chi connectivity index (χ3n) is 4.80. The second kappa shape index (κ2) is 9.38. The van der Waals surface area contributed by atoms with E-state index in [-0.39, 0.29) is 12.1 Å². The van der Waals surface area contributed by atoms with Gasteiger partial charge in [0.05, 0.1) is 6.54 Å². The van der Waals surface area contributed by atoms with E-state index in [1.807, 2.05) is 23.9 Å². The number of hydrogen-bond acceptors (Lipinski definition) is 3. The molecular weight excluding hydrogens is 326 g/mol. The van der Waals surface area contributed by atoms with Crippen LogP contribution in [0.3, 0.4) is 0 Å². The van der Waals surface area contributed by atoms with Crippen molar-refractivity contribution in [3.05, 3.63) is 54.4 Å². The number of nitrogens with zero attached hydrogens (tertiary/aromatic N) is 3. The Morgan fingerprint density at radius 3 is 2.92 bits per heavy atom. The molecular formula is C20H29N5O. The first-order valence-corrected chi connectivity index (χ1v) is 9.47. The van der Waals surface area contributed by atoms with Crippen LogP contribution in [0.2, 0.25) is 0 Å². The van der Waals surface area contributed by atoms with E-state index >= 15 is 0 Å². The van der Waals surface area contributed by atoms with Crippen LogP contribution in [-0.4, -0.2) is 46.4 Å². The van der Waals surface area contributed by atoms with Gasteiger partial charge in [-0.2, -0.15) is 5.10 Å². The van der Waals surface area contributed by atoms with Crippen LogP contribution in [0.15, 0.2) is 48.8 Å². The fourth-order valence-corrected chi connectivity index (χ4v) is 3.55. The number of carbonyl (C=O) groups excluding carboxylic acids is 1. The van der Waals surface area contributed by atoms with E-state index in [0.29, 0.717) is 12.5 Å². The highest BCUT2D eigenvalue weighted by atomic mass is 16.2. The third kappa shape index (κ3) is 5.88. The van der Waals surface area contributed by atoms with Gasteiger partial charge >= 0.3 is 6.03 Å². The highest BCUT2D eigenvalue weighted by molar-refractivity contribution is 5.74. The van der Waals surface area contributed by atoms with Crippen molar-refractivity contribution in [3.8, 4) is 0 Å². The lowest BCUT2D eigenvalue weighted by Crippen LogP contribution is -2.46. The maximum absolute atomic E-state index is 12.1. The van der Waals surface area contributed by atoms with Crippen molar-refractivity contribution < 1.29 is 4.79 Å². The zero-order valence-corrected chi connectivity index (χ0v) is 15.5. The van der Waals surface area contributed by atoms with Crippen molar-refractivity contribution in [3.63, 3.8) is 0 Å². The molecule has 26 heavy (non-hydrogen) atoms. The molecule has 2 amide bonds. The molecule has 0 saturated carbocycles. The summed E-state index contributed by atoms with van der Waals surface area (Å²) in [6.45, 7) is 6.56. The molecule has 1 saturated heterocycles. The Labute approximate surface area is 155 Å². The van der Waals surface area contributed by atoms with Crippen molar-refractivity contribution >= 4 is 6.03 Å². The third-order valence-corrected chi connectivity index (χ3v) is 4.80. The van der Waals surface area contributed by atoms with Crippen molar-refractivity contribution in [1.82, 2.24) is 25.3 Å². The zero-order valence-electron chi connectivity index (χ0n) is 15.5. The molecule has 1 aromatic heterocycles. The second-order valence-electron chi connectivity index (χ2n) is 7.21. The molecule has 3 rings (SSSR count). The number of urea groups is 1. The summed E-state index contributed by atoms with van der Waals surface area (Å²) in [6, 6.07) is 12.4. The van der Waals surface area contributed by atoms with Gasteiger partial charge in [0, 0.05) is 38.1 Å². The summed E-state index contributed by atoms with van der Waals surface area (Å²) in [7, 11) is 0. The van der Waals surface area contributed by atoms with Gasteiger partial charge in [-0.3, -0.25) is 9.58 Å². The molecule has 1 aromatic carbocycles. The molecule has 140 valence electrons. The summed E-state index contributed by atoms with van der Waals surface area (Å²) in [5.74, 6) is 0.514. The lowest BCUT2D eigenvalue weighted by Gasteiger charge is -2.33. The lowest BCUT2D eigenvalue weighted by molar-refractivity contribution is 0.165. The number of piperidine rings is 1. The minimum Gasteiger partial charge on any atom is -0.338 e. The largest absolute Gasteiger partial charge is 0.338 e. The van der Waals surface area contributed by atoms with E-state index in [9.17, 15) is 4.79 Å². The zero-order chi connectivity index (χ0) is 18.2. The van der Waals surface area contributed by atoms with Crippen LogP contribution >= 0.6 is 0 Å². The predicted octanol–water partition coefficient (Wildman–Crippen LogP) is 2.48. The summed E-state index contributed by atoms with van der Waals surface area (Å²) in [6.07, 6.45) is 6.02. The summed E-state index contributed by atoms with van der Waals surface area (Å²) >= 11 is 0. The van der Waals surface area contributed by atoms with E-state index in [4.69, 9.17) is 0 Å². The van der Waals surface area contributed by atoms with E-state index in [1.165, 1.54) is 18.4 Å². The van der Waals surface area contributed by atoms with Gasteiger partial charge in [0.25, 0.3) is 0 Å². The number of hydrogen-bond donors (Lipinski definition) is 2.